The van der Waals surface area contributed by atoms with E-state index in [4.69, 9.17) is 0 Å². The topological polar surface area (TPSA) is 37.8 Å². The number of aromatic nitrogens is 2. The van der Waals surface area contributed by atoms with E-state index in [1.165, 1.54) is 0 Å². The molecule has 94 valence electrons. The monoisotopic (exact) mass is 313 g/mol. The van der Waals surface area contributed by atoms with Gasteiger partial charge in [-0.15, -0.1) is 0 Å². The Morgan fingerprint density at radius 1 is 1.00 bits per heavy atom. The van der Waals surface area contributed by atoms with Crippen molar-refractivity contribution in [2.24, 2.45) is 0 Å². The Bertz CT molecular complexity index is 707. The maximum Gasteiger partial charge on any atom is 0.106 e. The number of benzene rings is 1. The van der Waals surface area contributed by atoms with Gasteiger partial charge in [-0.25, -0.2) is 4.98 Å². The van der Waals surface area contributed by atoms with Gasteiger partial charge in [0.2, 0.25) is 0 Å². The Labute approximate surface area is 119 Å². The van der Waals surface area contributed by atoms with Crippen molar-refractivity contribution in [3.63, 3.8) is 0 Å². The normalized spacial score (nSPS) is 10.6. The highest BCUT2D eigenvalue weighted by atomic mass is 79.9. The smallest absolute Gasteiger partial charge is 0.106 e. The second kappa shape index (κ2) is 5.36. The van der Waals surface area contributed by atoms with Crippen molar-refractivity contribution >= 4 is 32.5 Å². The van der Waals surface area contributed by atoms with Crippen LogP contribution in [0.15, 0.2) is 59.3 Å². The number of hydrogen-bond donors (Lipinski definition) is 1. The molecule has 2 heterocycles. The minimum absolute atomic E-state index is 0.676. The zero-order valence-corrected chi connectivity index (χ0v) is 11.8. The van der Waals surface area contributed by atoms with Crippen molar-refractivity contribution in [3.8, 4) is 0 Å². The number of hydrogen-bond acceptors (Lipinski definition) is 3. The lowest BCUT2D eigenvalue weighted by Crippen LogP contribution is -2.02. The van der Waals surface area contributed by atoms with Gasteiger partial charge in [-0.1, -0.05) is 24.3 Å². The van der Waals surface area contributed by atoms with E-state index in [0.29, 0.717) is 6.54 Å². The van der Waals surface area contributed by atoms with Crippen LogP contribution >= 0.6 is 15.9 Å². The number of anilines is 1. The molecule has 0 saturated heterocycles. The molecule has 0 saturated carbocycles. The van der Waals surface area contributed by atoms with Crippen molar-refractivity contribution in [3.05, 3.63) is 65.0 Å². The minimum Gasteiger partial charge on any atom is -0.378 e. The minimum atomic E-state index is 0.676. The maximum absolute atomic E-state index is 4.42. The van der Waals surface area contributed by atoms with Gasteiger partial charge in [0, 0.05) is 11.6 Å². The summed E-state index contributed by atoms with van der Waals surface area (Å²) in [4.78, 5) is 8.82. The summed E-state index contributed by atoms with van der Waals surface area (Å²) < 4.78 is 0.850. The molecule has 0 radical (unpaired) electrons. The van der Waals surface area contributed by atoms with Crippen LogP contribution in [0.2, 0.25) is 0 Å². The summed E-state index contributed by atoms with van der Waals surface area (Å²) in [6.07, 6.45) is 1.81. The zero-order chi connectivity index (χ0) is 13.1. The highest BCUT2D eigenvalue weighted by molar-refractivity contribution is 9.10. The molecule has 0 bridgehead atoms. The van der Waals surface area contributed by atoms with Crippen molar-refractivity contribution in [1.29, 1.82) is 0 Å². The van der Waals surface area contributed by atoms with E-state index in [-0.39, 0.29) is 0 Å². The van der Waals surface area contributed by atoms with Crippen LogP contribution < -0.4 is 5.32 Å². The van der Waals surface area contributed by atoms with Crippen LogP contribution in [0.25, 0.3) is 10.9 Å². The second-order valence-corrected chi connectivity index (χ2v) is 5.00. The van der Waals surface area contributed by atoms with Gasteiger partial charge < -0.3 is 5.32 Å². The zero-order valence-electron chi connectivity index (χ0n) is 10.2. The number of nitrogens with zero attached hydrogens (tertiary/aromatic N) is 2. The van der Waals surface area contributed by atoms with Gasteiger partial charge in [0.05, 0.1) is 23.4 Å². The number of para-hydroxylation sites is 1. The average molecular weight is 314 g/mol. The Morgan fingerprint density at radius 2 is 1.84 bits per heavy atom. The molecule has 19 heavy (non-hydrogen) atoms. The number of nitrogens with one attached hydrogen (secondary N) is 1. The maximum atomic E-state index is 4.42. The summed E-state index contributed by atoms with van der Waals surface area (Å²) in [6, 6.07) is 16.0. The molecule has 3 rings (SSSR count). The van der Waals surface area contributed by atoms with Crippen LogP contribution in [0.5, 0.6) is 0 Å². The first-order chi connectivity index (χ1) is 9.33. The van der Waals surface area contributed by atoms with Crippen molar-refractivity contribution in [2.75, 3.05) is 5.32 Å². The van der Waals surface area contributed by atoms with Crippen LogP contribution in [-0.2, 0) is 6.54 Å². The molecule has 1 N–H and O–H groups in total. The largest absolute Gasteiger partial charge is 0.378 e. The van der Waals surface area contributed by atoms with E-state index in [1.807, 2.05) is 42.6 Å². The fraction of sp³-hybridized carbons (Fsp3) is 0.0667. The van der Waals surface area contributed by atoms with E-state index in [9.17, 15) is 0 Å². The van der Waals surface area contributed by atoms with Crippen molar-refractivity contribution in [2.45, 2.75) is 6.54 Å². The van der Waals surface area contributed by atoms with Crippen LogP contribution in [0.4, 0.5) is 5.69 Å². The SMILES string of the molecule is Brc1cccc(CNc2cccc3cccnc23)n1. The average Bonchev–Trinajstić information content (AvgIpc) is 2.45. The molecule has 0 unspecified atom stereocenters. The first-order valence-corrected chi connectivity index (χ1v) is 6.81. The van der Waals surface area contributed by atoms with E-state index in [2.05, 4.69) is 43.3 Å². The predicted molar refractivity (Wildman–Crippen MR) is 81.0 cm³/mol. The van der Waals surface area contributed by atoms with E-state index in [1.54, 1.807) is 0 Å². The highest BCUT2D eigenvalue weighted by Gasteiger charge is 2.02. The van der Waals surface area contributed by atoms with Gasteiger partial charge in [0.1, 0.15) is 4.60 Å². The molecule has 4 heteroatoms. The molecule has 3 nitrogen and oxygen atoms in total. The Balaban J connectivity index is 1.86. The van der Waals surface area contributed by atoms with E-state index in [0.717, 1.165) is 26.9 Å². The first-order valence-electron chi connectivity index (χ1n) is 6.02. The molecule has 0 spiro atoms. The molecule has 0 aliphatic heterocycles. The summed E-state index contributed by atoms with van der Waals surface area (Å²) >= 11 is 3.38. The molecule has 0 fully saturated rings. The molecular formula is C15H12BrN3. The highest BCUT2D eigenvalue weighted by Crippen LogP contribution is 2.21. The summed E-state index contributed by atoms with van der Waals surface area (Å²) in [5.74, 6) is 0. The summed E-state index contributed by atoms with van der Waals surface area (Å²) in [7, 11) is 0. The van der Waals surface area contributed by atoms with Gasteiger partial charge in [-0.05, 0) is 40.2 Å². The summed E-state index contributed by atoms with van der Waals surface area (Å²) in [6.45, 7) is 0.676. The van der Waals surface area contributed by atoms with Gasteiger partial charge >= 0.3 is 0 Å². The number of halogens is 1. The molecule has 0 aliphatic carbocycles. The molecule has 2 aromatic heterocycles. The molecule has 3 aromatic rings. The van der Waals surface area contributed by atoms with Gasteiger partial charge in [-0.3, -0.25) is 4.98 Å². The number of fused-ring (bicyclic) bond motifs is 1. The van der Waals surface area contributed by atoms with Crippen molar-refractivity contribution < 1.29 is 0 Å². The number of pyridine rings is 2. The molecule has 1 aromatic carbocycles. The van der Waals surface area contributed by atoms with Crippen LogP contribution in [0.1, 0.15) is 5.69 Å². The second-order valence-electron chi connectivity index (χ2n) is 4.19. The molecule has 0 amide bonds. The summed E-state index contributed by atoms with van der Waals surface area (Å²) in [5.41, 5.74) is 3.00. The van der Waals surface area contributed by atoms with Crippen molar-refractivity contribution in [1.82, 2.24) is 9.97 Å². The lowest BCUT2D eigenvalue weighted by molar-refractivity contribution is 1.03. The Kier molecular flexibility index (Phi) is 3.42. The lowest BCUT2D eigenvalue weighted by Gasteiger charge is -2.08. The Morgan fingerprint density at radius 3 is 2.74 bits per heavy atom. The first kappa shape index (κ1) is 12.1. The summed E-state index contributed by atoms with van der Waals surface area (Å²) in [5, 5.41) is 4.52. The molecular weight excluding hydrogens is 302 g/mol. The van der Waals surface area contributed by atoms with Crippen LogP contribution in [-0.4, -0.2) is 9.97 Å². The lowest BCUT2D eigenvalue weighted by atomic mass is 10.2. The van der Waals surface area contributed by atoms with Gasteiger partial charge in [0.15, 0.2) is 0 Å². The van der Waals surface area contributed by atoms with E-state index >= 15 is 0 Å². The third-order valence-electron chi connectivity index (χ3n) is 2.87. The standard InChI is InChI=1S/C15H12BrN3/c16-14-8-2-6-12(19-14)10-18-13-7-1-4-11-5-3-9-17-15(11)13/h1-9,18H,10H2. The van der Waals surface area contributed by atoms with Crippen LogP contribution in [0.3, 0.4) is 0 Å². The third kappa shape index (κ3) is 2.74. The predicted octanol–water partition coefficient (Wildman–Crippen LogP) is 4.00. The number of rotatable bonds is 3. The van der Waals surface area contributed by atoms with Crippen LogP contribution in [0, 0.1) is 0 Å². The molecule has 0 aliphatic rings. The third-order valence-corrected chi connectivity index (χ3v) is 3.31. The quantitative estimate of drug-likeness (QED) is 0.743. The van der Waals surface area contributed by atoms with Gasteiger partial charge in [0.25, 0.3) is 0 Å². The fourth-order valence-electron chi connectivity index (χ4n) is 1.98. The fourth-order valence-corrected chi connectivity index (χ4v) is 2.36. The Hall–Kier alpha value is -1.94. The van der Waals surface area contributed by atoms with Gasteiger partial charge in [-0.2, -0.15) is 0 Å². The molecule has 0 atom stereocenters. The van der Waals surface area contributed by atoms with E-state index < -0.39 is 0 Å².